The van der Waals surface area contributed by atoms with Gasteiger partial charge in [-0.25, -0.2) is 0 Å². The van der Waals surface area contributed by atoms with Crippen molar-refractivity contribution in [2.75, 3.05) is 0 Å². The second kappa shape index (κ2) is 7.16. The first-order valence-electron chi connectivity index (χ1n) is 8.79. The molecule has 1 rings (SSSR count). The summed E-state index contributed by atoms with van der Waals surface area (Å²) in [6, 6.07) is 7.99. The lowest BCUT2D eigenvalue weighted by atomic mass is 9.81. The van der Waals surface area contributed by atoms with Crippen LogP contribution < -0.4 is 10.1 Å². The SMILES string of the molecule is C[C@@H](Oc1ccc(C(C)(C)C)cc1)C(=O)NC(C)(C)CC(C)(C)C. The van der Waals surface area contributed by atoms with Gasteiger partial charge in [-0.2, -0.15) is 0 Å². The molecule has 0 radical (unpaired) electrons. The third-order valence-electron chi connectivity index (χ3n) is 3.84. The van der Waals surface area contributed by atoms with Crippen molar-refractivity contribution in [3.63, 3.8) is 0 Å². The van der Waals surface area contributed by atoms with E-state index in [1.165, 1.54) is 5.56 Å². The van der Waals surface area contributed by atoms with E-state index in [9.17, 15) is 4.79 Å². The Labute approximate surface area is 148 Å². The first-order valence-corrected chi connectivity index (χ1v) is 8.79. The number of ether oxygens (including phenoxy) is 1. The van der Waals surface area contributed by atoms with Crippen molar-refractivity contribution in [2.24, 2.45) is 5.41 Å². The minimum atomic E-state index is -0.523. The molecule has 0 aliphatic heterocycles. The van der Waals surface area contributed by atoms with E-state index in [1.54, 1.807) is 6.92 Å². The van der Waals surface area contributed by atoms with Crippen molar-refractivity contribution >= 4 is 5.91 Å². The Morgan fingerprint density at radius 3 is 1.92 bits per heavy atom. The highest BCUT2D eigenvalue weighted by molar-refractivity contribution is 5.81. The average molecular weight is 334 g/mol. The van der Waals surface area contributed by atoms with Crippen molar-refractivity contribution in [2.45, 2.75) is 85.8 Å². The van der Waals surface area contributed by atoms with Gasteiger partial charge in [-0.3, -0.25) is 4.79 Å². The summed E-state index contributed by atoms with van der Waals surface area (Å²) < 4.78 is 5.81. The monoisotopic (exact) mass is 333 g/mol. The fourth-order valence-electron chi connectivity index (χ4n) is 3.10. The van der Waals surface area contributed by atoms with Crippen LogP contribution in [-0.2, 0) is 10.2 Å². The molecule has 1 atom stereocenters. The number of hydrogen-bond donors (Lipinski definition) is 1. The molecule has 0 unspecified atom stereocenters. The summed E-state index contributed by atoms with van der Waals surface area (Å²) in [6.07, 6.45) is 0.378. The number of carbonyl (C=O) groups is 1. The molecule has 3 nitrogen and oxygen atoms in total. The van der Waals surface area contributed by atoms with Gasteiger partial charge in [-0.15, -0.1) is 0 Å². The number of benzene rings is 1. The van der Waals surface area contributed by atoms with Crippen LogP contribution in [0, 0.1) is 5.41 Å². The van der Waals surface area contributed by atoms with E-state index in [-0.39, 0.29) is 22.3 Å². The van der Waals surface area contributed by atoms with Gasteiger partial charge in [-0.1, -0.05) is 53.7 Å². The van der Waals surface area contributed by atoms with Gasteiger partial charge < -0.3 is 10.1 Å². The molecule has 0 fully saturated rings. The molecular weight excluding hydrogens is 298 g/mol. The van der Waals surface area contributed by atoms with Gasteiger partial charge in [-0.05, 0) is 55.7 Å². The van der Waals surface area contributed by atoms with Crippen LogP contribution in [0.3, 0.4) is 0 Å². The molecule has 1 aromatic carbocycles. The summed E-state index contributed by atoms with van der Waals surface area (Å²) >= 11 is 0. The Balaban J connectivity index is 2.67. The standard InChI is InChI=1S/C21H35NO2/c1-15(18(23)22-21(8,9)14-19(2,3)4)24-17-12-10-16(11-13-17)20(5,6)7/h10-13,15H,14H2,1-9H3,(H,22,23)/t15-/m1/s1. The van der Waals surface area contributed by atoms with Crippen molar-refractivity contribution in [1.29, 1.82) is 0 Å². The zero-order valence-corrected chi connectivity index (χ0v) is 16.9. The maximum atomic E-state index is 12.4. The molecule has 1 amide bonds. The number of rotatable bonds is 5. The molecule has 0 spiro atoms. The molecule has 0 aliphatic rings. The minimum Gasteiger partial charge on any atom is -0.481 e. The van der Waals surface area contributed by atoms with Crippen LogP contribution in [-0.4, -0.2) is 17.6 Å². The summed E-state index contributed by atoms with van der Waals surface area (Å²) in [4.78, 5) is 12.4. The zero-order valence-electron chi connectivity index (χ0n) is 16.9. The Kier molecular flexibility index (Phi) is 6.13. The summed E-state index contributed by atoms with van der Waals surface area (Å²) in [5.41, 5.74) is 1.25. The fraction of sp³-hybridized carbons (Fsp3) is 0.667. The Hall–Kier alpha value is -1.51. The first-order chi connectivity index (χ1) is 10.7. The van der Waals surface area contributed by atoms with Gasteiger partial charge in [0.1, 0.15) is 5.75 Å². The van der Waals surface area contributed by atoms with Crippen molar-refractivity contribution in [1.82, 2.24) is 5.32 Å². The van der Waals surface area contributed by atoms with Gasteiger partial charge in [0.15, 0.2) is 6.10 Å². The minimum absolute atomic E-state index is 0.0795. The van der Waals surface area contributed by atoms with Crippen LogP contribution in [0.4, 0.5) is 0 Å². The predicted octanol–water partition coefficient (Wildman–Crippen LogP) is 5.08. The third-order valence-corrected chi connectivity index (χ3v) is 3.84. The van der Waals surface area contributed by atoms with Gasteiger partial charge in [0.25, 0.3) is 5.91 Å². The average Bonchev–Trinajstić information content (AvgIpc) is 2.34. The molecule has 24 heavy (non-hydrogen) atoms. The lowest BCUT2D eigenvalue weighted by Gasteiger charge is -2.34. The van der Waals surface area contributed by atoms with Gasteiger partial charge >= 0.3 is 0 Å². The summed E-state index contributed by atoms with van der Waals surface area (Å²) in [6.45, 7) is 19.0. The number of hydrogen-bond acceptors (Lipinski definition) is 2. The van der Waals surface area contributed by atoms with Crippen molar-refractivity contribution in [3.05, 3.63) is 29.8 Å². The summed E-state index contributed by atoms with van der Waals surface area (Å²) in [5.74, 6) is 0.642. The Morgan fingerprint density at radius 2 is 1.50 bits per heavy atom. The lowest BCUT2D eigenvalue weighted by Crippen LogP contribution is -2.50. The molecule has 136 valence electrons. The molecular formula is C21H35NO2. The highest BCUT2D eigenvalue weighted by atomic mass is 16.5. The smallest absolute Gasteiger partial charge is 0.261 e. The Morgan fingerprint density at radius 1 is 1.00 bits per heavy atom. The lowest BCUT2D eigenvalue weighted by molar-refractivity contribution is -0.129. The van der Waals surface area contributed by atoms with E-state index < -0.39 is 6.10 Å². The molecule has 0 saturated carbocycles. The largest absolute Gasteiger partial charge is 0.481 e. The van der Waals surface area contributed by atoms with E-state index >= 15 is 0 Å². The molecule has 0 saturated heterocycles. The van der Waals surface area contributed by atoms with Crippen LogP contribution in [0.2, 0.25) is 0 Å². The van der Waals surface area contributed by atoms with Gasteiger partial charge in [0.2, 0.25) is 0 Å². The number of nitrogens with one attached hydrogen (secondary N) is 1. The van der Waals surface area contributed by atoms with Gasteiger partial charge in [0, 0.05) is 5.54 Å². The molecule has 3 heteroatoms. The van der Waals surface area contributed by atoms with E-state index in [2.05, 4.69) is 72.8 Å². The van der Waals surface area contributed by atoms with Crippen LogP contribution in [0.1, 0.15) is 74.3 Å². The van der Waals surface area contributed by atoms with Crippen LogP contribution >= 0.6 is 0 Å². The van der Waals surface area contributed by atoms with E-state index in [4.69, 9.17) is 4.74 Å². The van der Waals surface area contributed by atoms with E-state index in [0.29, 0.717) is 0 Å². The topological polar surface area (TPSA) is 38.3 Å². The number of carbonyl (C=O) groups excluding carboxylic acids is 1. The highest BCUT2D eigenvalue weighted by Crippen LogP contribution is 2.27. The maximum Gasteiger partial charge on any atom is 0.261 e. The molecule has 0 aromatic heterocycles. The van der Waals surface area contributed by atoms with E-state index in [1.807, 2.05) is 12.1 Å². The quantitative estimate of drug-likeness (QED) is 0.816. The molecule has 0 bridgehead atoms. The fourth-order valence-corrected chi connectivity index (χ4v) is 3.10. The molecule has 1 N–H and O–H groups in total. The van der Waals surface area contributed by atoms with Crippen LogP contribution in [0.15, 0.2) is 24.3 Å². The first kappa shape index (κ1) is 20.5. The highest BCUT2D eigenvalue weighted by Gasteiger charge is 2.29. The second-order valence-electron chi connectivity index (χ2n) is 9.65. The van der Waals surface area contributed by atoms with Crippen LogP contribution in [0.25, 0.3) is 0 Å². The predicted molar refractivity (Wildman–Crippen MR) is 102 cm³/mol. The normalized spacial score (nSPS) is 14.2. The maximum absolute atomic E-state index is 12.4. The molecule has 0 heterocycles. The summed E-state index contributed by atoms with van der Waals surface area (Å²) in [7, 11) is 0. The number of amides is 1. The third kappa shape index (κ3) is 6.94. The van der Waals surface area contributed by atoms with Gasteiger partial charge in [0.05, 0.1) is 0 Å². The second-order valence-corrected chi connectivity index (χ2v) is 9.65. The Bertz CT molecular complexity index is 545. The van der Waals surface area contributed by atoms with Crippen LogP contribution in [0.5, 0.6) is 5.75 Å². The van der Waals surface area contributed by atoms with Crippen molar-refractivity contribution in [3.8, 4) is 5.75 Å². The molecule has 1 aromatic rings. The zero-order chi connectivity index (χ0) is 18.8. The molecule has 0 aliphatic carbocycles. The van der Waals surface area contributed by atoms with Crippen molar-refractivity contribution < 1.29 is 9.53 Å². The summed E-state index contributed by atoms with van der Waals surface area (Å²) in [5, 5.41) is 3.10. The van der Waals surface area contributed by atoms with E-state index in [0.717, 1.165) is 12.2 Å².